The lowest BCUT2D eigenvalue weighted by Gasteiger charge is -2.14. The van der Waals surface area contributed by atoms with Crippen LogP contribution in [0.15, 0.2) is 6.07 Å². The van der Waals surface area contributed by atoms with Crippen LogP contribution in [0.4, 0.5) is 0 Å². The summed E-state index contributed by atoms with van der Waals surface area (Å²) in [5.41, 5.74) is 8.38. The van der Waals surface area contributed by atoms with Crippen LogP contribution in [0, 0.1) is 20.8 Å². The minimum Gasteiger partial charge on any atom is -0.507 e. The molecule has 0 bridgehead atoms. The summed E-state index contributed by atoms with van der Waals surface area (Å²) in [7, 11) is 0. The number of hydrogen-bond acceptors (Lipinski definition) is 3. The first-order valence-electron chi connectivity index (χ1n) is 4.95. The van der Waals surface area contributed by atoms with E-state index in [1.165, 1.54) is 0 Å². The van der Waals surface area contributed by atoms with Crippen LogP contribution < -0.4 is 5.73 Å². The molecule has 0 saturated carbocycles. The number of phenolic OH excluding ortho intramolecular Hbond substituents is 1. The molecule has 82 valence electrons. The normalized spacial score (nSPS) is 12.6. The molecule has 1 aromatic rings. The van der Waals surface area contributed by atoms with E-state index in [4.69, 9.17) is 5.73 Å². The molecule has 15 heavy (non-hydrogen) atoms. The van der Waals surface area contributed by atoms with Gasteiger partial charge in [-0.1, -0.05) is 6.07 Å². The van der Waals surface area contributed by atoms with Crippen LogP contribution >= 0.6 is 0 Å². The fraction of sp³-hybridized carbons (Fsp3) is 0.417. The van der Waals surface area contributed by atoms with Gasteiger partial charge in [0.05, 0.1) is 6.04 Å². The molecule has 1 aromatic carbocycles. The Morgan fingerprint density at radius 2 is 1.87 bits per heavy atom. The van der Waals surface area contributed by atoms with E-state index in [0.717, 1.165) is 11.1 Å². The summed E-state index contributed by atoms with van der Waals surface area (Å²) in [6, 6.07) is 1.27. The maximum Gasteiger partial charge on any atom is 0.179 e. The van der Waals surface area contributed by atoms with Gasteiger partial charge in [0.2, 0.25) is 0 Å². The van der Waals surface area contributed by atoms with E-state index in [2.05, 4.69) is 0 Å². The van der Waals surface area contributed by atoms with E-state index < -0.39 is 6.04 Å². The third kappa shape index (κ3) is 2.02. The van der Waals surface area contributed by atoms with Crippen molar-refractivity contribution in [3.8, 4) is 5.75 Å². The Hall–Kier alpha value is -1.35. The van der Waals surface area contributed by atoms with Crippen LogP contribution in [-0.2, 0) is 0 Å². The minimum atomic E-state index is -0.537. The Bertz CT molecular complexity index is 409. The maximum absolute atomic E-state index is 11.8. The van der Waals surface area contributed by atoms with Gasteiger partial charge in [-0.05, 0) is 38.8 Å². The molecule has 0 aliphatic rings. The van der Waals surface area contributed by atoms with Crippen molar-refractivity contribution in [1.29, 1.82) is 0 Å². The number of benzene rings is 1. The molecular formula is C12H17NO2. The van der Waals surface area contributed by atoms with Crippen molar-refractivity contribution in [3.05, 3.63) is 28.3 Å². The quantitative estimate of drug-likeness (QED) is 0.727. The first-order chi connectivity index (χ1) is 6.86. The van der Waals surface area contributed by atoms with Crippen molar-refractivity contribution in [2.45, 2.75) is 33.7 Å². The minimum absolute atomic E-state index is 0.125. The first-order valence-corrected chi connectivity index (χ1v) is 4.95. The number of ketones is 1. The number of aromatic hydroxyl groups is 1. The number of hydrogen-bond donors (Lipinski definition) is 2. The first kappa shape index (κ1) is 11.7. The van der Waals surface area contributed by atoms with Gasteiger partial charge in [0, 0.05) is 11.1 Å². The number of phenols is 1. The second-order valence-electron chi connectivity index (χ2n) is 4.01. The van der Waals surface area contributed by atoms with Gasteiger partial charge in [-0.3, -0.25) is 4.79 Å². The number of Topliss-reactive ketones (excluding diaryl/α,β-unsaturated/α-hetero) is 1. The van der Waals surface area contributed by atoms with Crippen molar-refractivity contribution in [2.24, 2.45) is 5.73 Å². The van der Waals surface area contributed by atoms with Crippen molar-refractivity contribution >= 4 is 5.78 Å². The summed E-state index contributed by atoms with van der Waals surface area (Å²) in [5.74, 6) is 0.0601. The maximum atomic E-state index is 11.8. The van der Waals surface area contributed by atoms with Gasteiger partial charge < -0.3 is 10.8 Å². The zero-order valence-corrected chi connectivity index (χ0v) is 9.59. The topological polar surface area (TPSA) is 63.3 Å². The smallest absolute Gasteiger partial charge is 0.179 e. The number of aryl methyl sites for hydroxylation is 2. The molecule has 0 radical (unpaired) electrons. The molecule has 3 heteroatoms. The lowest BCUT2D eigenvalue weighted by atomic mass is 9.93. The highest BCUT2D eigenvalue weighted by Gasteiger charge is 2.19. The van der Waals surface area contributed by atoms with Crippen LogP contribution in [-0.4, -0.2) is 16.9 Å². The second kappa shape index (κ2) is 4.03. The van der Waals surface area contributed by atoms with Gasteiger partial charge >= 0.3 is 0 Å². The summed E-state index contributed by atoms with van der Waals surface area (Å²) in [6.45, 7) is 7.06. The van der Waals surface area contributed by atoms with Gasteiger partial charge in [-0.25, -0.2) is 0 Å². The van der Waals surface area contributed by atoms with Crippen LogP contribution in [0.5, 0.6) is 5.75 Å². The van der Waals surface area contributed by atoms with Crippen molar-refractivity contribution in [2.75, 3.05) is 0 Å². The monoisotopic (exact) mass is 207 g/mol. The number of rotatable bonds is 2. The molecule has 0 amide bonds. The molecule has 0 aliphatic carbocycles. The predicted molar refractivity (Wildman–Crippen MR) is 60.3 cm³/mol. The van der Waals surface area contributed by atoms with Gasteiger partial charge in [0.25, 0.3) is 0 Å². The van der Waals surface area contributed by atoms with E-state index in [1.54, 1.807) is 19.9 Å². The van der Waals surface area contributed by atoms with Gasteiger partial charge in [0.1, 0.15) is 5.75 Å². The molecule has 0 fully saturated rings. The highest BCUT2D eigenvalue weighted by atomic mass is 16.3. The standard InChI is InChI=1S/C12H17NO2/c1-6-5-7(2)11(14)8(3)10(6)12(15)9(4)13/h5,9,14H,13H2,1-4H3. The van der Waals surface area contributed by atoms with Crippen molar-refractivity contribution in [1.82, 2.24) is 0 Å². The lowest BCUT2D eigenvalue weighted by Crippen LogP contribution is -2.28. The molecular weight excluding hydrogens is 190 g/mol. The fourth-order valence-corrected chi connectivity index (χ4v) is 1.78. The van der Waals surface area contributed by atoms with Crippen LogP contribution in [0.1, 0.15) is 34.0 Å². The summed E-state index contributed by atoms with van der Waals surface area (Å²) in [5, 5.41) is 9.75. The van der Waals surface area contributed by atoms with Crippen molar-refractivity contribution < 1.29 is 9.90 Å². The fourth-order valence-electron chi connectivity index (χ4n) is 1.78. The van der Waals surface area contributed by atoms with Crippen molar-refractivity contribution in [3.63, 3.8) is 0 Å². The van der Waals surface area contributed by atoms with E-state index in [9.17, 15) is 9.90 Å². The Morgan fingerprint density at radius 1 is 1.33 bits per heavy atom. The summed E-state index contributed by atoms with van der Waals surface area (Å²) in [6.07, 6.45) is 0. The molecule has 3 nitrogen and oxygen atoms in total. The molecule has 0 heterocycles. The van der Waals surface area contributed by atoms with Gasteiger partial charge in [-0.2, -0.15) is 0 Å². The third-order valence-corrected chi connectivity index (χ3v) is 2.59. The number of carbonyl (C=O) groups excluding carboxylic acids is 1. The molecule has 0 aromatic heterocycles. The Labute approximate surface area is 89.9 Å². The number of carbonyl (C=O) groups is 1. The second-order valence-corrected chi connectivity index (χ2v) is 4.01. The predicted octanol–water partition coefficient (Wildman–Crippen LogP) is 1.85. The highest BCUT2D eigenvalue weighted by molar-refractivity contribution is 6.02. The summed E-state index contributed by atoms with van der Waals surface area (Å²) in [4.78, 5) is 11.8. The zero-order valence-electron chi connectivity index (χ0n) is 9.59. The molecule has 0 saturated heterocycles. The molecule has 1 rings (SSSR count). The van der Waals surface area contributed by atoms with E-state index in [1.807, 2.05) is 13.8 Å². The van der Waals surface area contributed by atoms with E-state index in [0.29, 0.717) is 11.1 Å². The molecule has 3 N–H and O–H groups in total. The summed E-state index contributed by atoms with van der Waals surface area (Å²) < 4.78 is 0. The summed E-state index contributed by atoms with van der Waals surface area (Å²) >= 11 is 0. The van der Waals surface area contributed by atoms with Gasteiger partial charge in [0.15, 0.2) is 5.78 Å². The molecule has 1 unspecified atom stereocenters. The van der Waals surface area contributed by atoms with E-state index in [-0.39, 0.29) is 11.5 Å². The molecule has 0 aliphatic heterocycles. The van der Waals surface area contributed by atoms with E-state index >= 15 is 0 Å². The average molecular weight is 207 g/mol. The van der Waals surface area contributed by atoms with Crippen LogP contribution in [0.2, 0.25) is 0 Å². The Balaban J connectivity index is 3.43. The van der Waals surface area contributed by atoms with Gasteiger partial charge in [-0.15, -0.1) is 0 Å². The Kier molecular flexibility index (Phi) is 3.15. The average Bonchev–Trinajstić information content (AvgIpc) is 2.14. The van der Waals surface area contributed by atoms with Crippen LogP contribution in [0.25, 0.3) is 0 Å². The molecule has 1 atom stereocenters. The largest absolute Gasteiger partial charge is 0.507 e. The number of nitrogens with two attached hydrogens (primary N) is 1. The highest BCUT2D eigenvalue weighted by Crippen LogP contribution is 2.28. The Morgan fingerprint density at radius 3 is 2.33 bits per heavy atom. The lowest BCUT2D eigenvalue weighted by molar-refractivity contribution is 0.0966. The SMILES string of the molecule is Cc1cc(C)c(C(=O)C(C)N)c(C)c1O. The van der Waals surface area contributed by atoms with Crippen LogP contribution in [0.3, 0.4) is 0 Å². The zero-order chi connectivity index (χ0) is 11.7. The molecule has 0 spiro atoms. The third-order valence-electron chi connectivity index (χ3n) is 2.59.